The molecule has 8 heteroatoms. The lowest BCUT2D eigenvalue weighted by atomic mass is 10.2. The molecule has 0 fully saturated rings. The summed E-state index contributed by atoms with van der Waals surface area (Å²) >= 11 is 0. The summed E-state index contributed by atoms with van der Waals surface area (Å²) in [6, 6.07) is 0. The Bertz CT molecular complexity index is 573. The van der Waals surface area contributed by atoms with Gasteiger partial charge < -0.3 is 24.8 Å². The van der Waals surface area contributed by atoms with E-state index in [1.807, 2.05) is 0 Å². The second-order valence-electron chi connectivity index (χ2n) is 7.44. The van der Waals surface area contributed by atoms with Gasteiger partial charge in [-0.2, -0.15) is 0 Å². The maximum absolute atomic E-state index is 5.10. The number of fused-ring (bicyclic) bond motifs is 1. The van der Waals surface area contributed by atoms with Crippen molar-refractivity contribution in [2.75, 3.05) is 53.5 Å². The average molecular weight is 394 g/mol. The van der Waals surface area contributed by atoms with Crippen molar-refractivity contribution in [3.8, 4) is 0 Å². The zero-order chi connectivity index (χ0) is 20.0. The Hall–Kier alpha value is -1.67. The minimum atomic E-state index is 0.793. The maximum atomic E-state index is 5.10. The first-order valence-electron chi connectivity index (χ1n) is 10.8. The summed E-state index contributed by atoms with van der Waals surface area (Å²) in [5, 5.41) is 15.5. The van der Waals surface area contributed by atoms with Crippen LogP contribution < -0.4 is 10.6 Å². The van der Waals surface area contributed by atoms with Crippen LogP contribution >= 0.6 is 0 Å². The molecule has 8 nitrogen and oxygen atoms in total. The molecule has 2 rings (SSSR count). The van der Waals surface area contributed by atoms with E-state index in [0.717, 1.165) is 83.3 Å². The molecule has 0 atom stereocenters. The van der Waals surface area contributed by atoms with Crippen LogP contribution in [0.25, 0.3) is 0 Å². The second kappa shape index (κ2) is 13.5. The zero-order valence-electron chi connectivity index (χ0n) is 18.0. The largest absolute Gasteiger partial charge is 0.385 e. The van der Waals surface area contributed by atoms with Crippen molar-refractivity contribution >= 4 is 5.96 Å². The fraction of sp³-hybridized carbons (Fsp3) is 0.850. The van der Waals surface area contributed by atoms with Gasteiger partial charge >= 0.3 is 0 Å². The highest BCUT2D eigenvalue weighted by atomic mass is 16.5. The van der Waals surface area contributed by atoms with Crippen molar-refractivity contribution in [1.29, 1.82) is 0 Å². The molecule has 0 bridgehead atoms. The summed E-state index contributed by atoms with van der Waals surface area (Å²) in [4.78, 5) is 7.03. The van der Waals surface area contributed by atoms with Gasteiger partial charge in [-0.25, -0.2) is 0 Å². The number of likely N-dealkylation sites (N-methyl/N-ethyl adjacent to an activating group) is 1. The Kier molecular flexibility index (Phi) is 10.9. The molecule has 0 saturated carbocycles. The van der Waals surface area contributed by atoms with E-state index in [9.17, 15) is 0 Å². The third-order valence-electron chi connectivity index (χ3n) is 5.03. The molecule has 0 radical (unpaired) electrons. The molecule has 0 unspecified atom stereocenters. The van der Waals surface area contributed by atoms with Crippen LogP contribution in [0.15, 0.2) is 4.99 Å². The third kappa shape index (κ3) is 8.14. The Morgan fingerprint density at radius 1 is 1.18 bits per heavy atom. The highest BCUT2D eigenvalue weighted by molar-refractivity contribution is 5.79. The van der Waals surface area contributed by atoms with Gasteiger partial charge in [0.1, 0.15) is 11.6 Å². The van der Waals surface area contributed by atoms with Gasteiger partial charge in [0.15, 0.2) is 5.96 Å². The Morgan fingerprint density at radius 2 is 2.07 bits per heavy atom. The quantitative estimate of drug-likeness (QED) is 0.318. The monoisotopic (exact) mass is 393 g/mol. The second-order valence-corrected chi connectivity index (χ2v) is 7.44. The molecule has 28 heavy (non-hydrogen) atoms. The Morgan fingerprint density at radius 3 is 2.89 bits per heavy atom. The highest BCUT2D eigenvalue weighted by Gasteiger charge is 2.14. The number of aliphatic imine (C=N–C) groups is 1. The number of hydrogen-bond acceptors (Lipinski definition) is 5. The predicted octanol–water partition coefficient (Wildman–Crippen LogP) is 1.46. The van der Waals surface area contributed by atoms with Gasteiger partial charge in [-0.05, 0) is 39.7 Å². The van der Waals surface area contributed by atoms with E-state index in [2.05, 4.69) is 44.3 Å². The number of ether oxygens (including phenoxy) is 1. The molecule has 0 spiro atoms. The predicted molar refractivity (Wildman–Crippen MR) is 114 cm³/mol. The topological polar surface area (TPSA) is 79.6 Å². The number of nitrogens with zero attached hydrogens (tertiary/aromatic N) is 5. The molecule has 2 N–H and O–H groups in total. The lowest BCUT2D eigenvalue weighted by Gasteiger charge is -2.18. The highest BCUT2D eigenvalue weighted by Crippen LogP contribution is 2.15. The molecular weight excluding hydrogens is 354 g/mol. The summed E-state index contributed by atoms with van der Waals surface area (Å²) in [7, 11) is 3.89. The fourth-order valence-electron chi connectivity index (χ4n) is 3.46. The summed E-state index contributed by atoms with van der Waals surface area (Å²) < 4.78 is 7.44. The molecule has 2 heterocycles. The SMILES string of the molecule is CCNC(=NCCCc1nnc2n1CCCCC2)NCCN(C)CCCOC. The van der Waals surface area contributed by atoms with Crippen molar-refractivity contribution < 1.29 is 4.74 Å². The van der Waals surface area contributed by atoms with Gasteiger partial charge in [-0.1, -0.05) is 6.42 Å². The average Bonchev–Trinajstić information content (AvgIpc) is 2.91. The molecule has 1 aromatic heterocycles. The maximum Gasteiger partial charge on any atom is 0.191 e. The number of hydrogen-bond donors (Lipinski definition) is 2. The Labute approximate surface area is 170 Å². The Balaban J connectivity index is 1.70. The van der Waals surface area contributed by atoms with Crippen LogP contribution in [-0.4, -0.2) is 79.1 Å². The van der Waals surface area contributed by atoms with E-state index >= 15 is 0 Å². The third-order valence-corrected chi connectivity index (χ3v) is 5.03. The first-order valence-corrected chi connectivity index (χ1v) is 10.8. The summed E-state index contributed by atoms with van der Waals surface area (Å²) in [5.41, 5.74) is 0. The number of methoxy groups -OCH3 is 1. The van der Waals surface area contributed by atoms with Crippen LogP contribution in [0, 0.1) is 0 Å². The van der Waals surface area contributed by atoms with E-state index in [-0.39, 0.29) is 0 Å². The van der Waals surface area contributed by atoms with Crippen LogP contribution in [0.5, 0.6) is 0 Å². The molecule has 0 aromatic carbocycles. The molecule has 0 saturated heterocycles. The van der Waals surface area contributed by atoms with Crippen LogP contribution in [0.4, 0.5) is 0 Å². The van der Waals surface area contributed by atoms with Gasteiger partial charge in [0.25, 0.3) is 0 Å². The van der Waals surface area contributed by atoms with Crippen LogP contribution in [0.1, 0.15) is 50.7 Å². The van der Waals surface area contributed by atoms with E-state index in [4.69, 9.17) is 9.73 Å². The van der Waals surface area contributed by atoms with E-state index in [1.165, 1.54) is 25.1 Å². The molecule has 1 aliphatic rings. The van der Waals surface area contributed by atoms with Crippen molar-refractivity contribution in [2.24, 2.45) is 4.99 Å². The van der Waals surface area contributed by atoms with E-state index in [1.54, 1.807) is 7.11 Å². The van der Waals surface area contributed by atoms with Crippen LogP contribution in [0.2, 0.25) is 0 Å². The number of aryl methyl sites for hydroxylation is 2. The molecule has 1 aromatic rings. The smallest absolute Gasteiger partial charge is 0.191 e. The van der Waals surface area contributed by atoms with Gasteiger partial charge in [0, 0.05) is 65.8 Å². The lowest BCUT2D eigenvalue weighted by molar-refractivity contribution is 0.180. The molecule has 0 amide bonds. The van der Waals surface area contributed by atoms with Gasteiger partial charge in [0.05, 0.1) is 0 Å². The zero-order valence-corrected chi connectivity index (χ0v) is 18.0. The van der Waals surface area contributed by atoms with Crippen molar-refractivity contribution in [1.82, 2.24) is 30.3 Å². The summed E-state index contributed by atoms with van der Waals surface area (Å²) in [5.74, 6) is 3.19. The van der Waals surface area contributed by atoms with Crippen LogP contribution in [-0.2, 0) is 24.1 Å². The lowest BCUT2D eigenvalue weighted by Crippen LogP contribution is -2.41. The van der Waals surface area contributed by atoms with Crippen molar-refractivity contribution in [2.45, 2.75) is 58.4 Å². The number of aromatic nitrogens is 3. The van der Waals surface area contributed by atoms with Crippen molar-refractivity contribution in [3.05, 3.63) is 11.6 Å². The molecule has 1 aliphatic heterocycles. The minimum Gasteiger partial charge on any atom is -0.385 e. The number of nitrogens with one attached hydrogen (secondary N) is 2. The number of rotatable bonds is 12. The standard InChI is InChI=1S/C20H39N7O/c1-4-21-20(23-13-16-26(2)14-9-17-28-3)22-12-8-11-19-25-24-18-10-6-5-7-15-27(18)19/h4-17H2,1-3H3,(H2,21,22,23). The van der Waals surface area contributed by atoms with E-state index in [0.29, 0.717) is 0 Å². The first-order chi connectivity index (χ1) is 13.7. The van der Waals surface area contributed by atoms with Crippen LogP contribution in [0.3, 0.4) is 0 Å². The first kappa shape index (κ1) is 22.6. The van der Waals surface area contributed by atoms with Gasteiger partial charge in [0.2, 0.25) is 0 Å². The summed E-state index contributed by atoms with van der Waals surface area (Å²) in [6.45, 7) is 8.56. The normalized spacial score (nSPS) is 14.8. The minimum absolute atomic E-state index is 0.793. The molecular formula is C20H39N7O. The van der Waals surface area contributed by atoms with Crippen molar-refractivity contribution in [3.63, 3.8) is 0 Å². The van der Waals surface area contributed by atoms with Gasteiger partial charge in [-0.15, -0.1) is 10.2 Å². The van der Waals surface area contributed by atoms with Gasteiger partial charge in [-0.3, -0.25) is 4.99 Å². The number of guanidine groups is 1. The fourth-order valence-corrected chi connectivity index (χ4v) is 3.46. The molecule has 160 valence electrons. The van der Waals surface area contributed by atoms with E-state index < -0.39 is 0 Å². The summed E-state index contributed by atoms with van der Waals surface area (Å²) in [6.07, 6.45) is 7.84. The molecule has 0 aliphatic carbocycles.